The number of benzene rings is 2. The van der Waals surface area contributed by atoms with Crippen LogP contribution in [0.5, 0.6) is 11.5 Å². The number of likely N-dealkylation sites (tertiary alicyclic amines) is 1. The van der Waals surface area contributed by atoms with Crippen LogP contribution in [0.2, 0.25) is 0 Å². The molecule has 0 bridgehead atoms. The molecular formula is C21H21NO4. The summed E-state index contributed by atoms with van der Waals surface area (Å²) in [5, 5.41) is 10.6. The Morgan fingerprint density at radius 3 is 2.73 bits per heavy atom. The number of hydrogen-bond acceptors (Lipinski definition) is 4. The van der Waals surface area contributed by atoms with E-state index < -0.39 is 6.10 Å². The number of β-amino-alcohol motifs (C(OH)–C–C–N with tert-alkyl or cyclic N) is 1. The van der Waals surface area contributed by atoms with E-state index in [0.717, 1.165) is 22.6 Å². The van der Waals surface area contributed by atoms with Crippen molar-refractivity contribution < 1.29 is 19.4 Å². The molecule has 1 saturated heterocycles. The average molecular weight is 351 g/mol. The van der Waals surface area contributed by atoms with Crippen LogP contribution in [0.4, 0.5) is 0 Å². The normalized spacial score (nSPS) is 22.0. The van der Waals surface area contributed by atoms with Crippen LogP contribution >= 0.6 is 0 Å². The minimum atomic E-state index is -0.599. The molecule has 5 nitrogen and oxygen atoms in total. The van der Waals surface area contributed by atoms with Crippen LogP contribution in [0.3, 0.4) is 0 Å². The Morgan fingerprint density at radius 1 is 1.12 bits per heavy atom. The van der Waals surface area contributed by atoms with Crippen molar-refractivity contribution in [3.8, 4) is 11.5 Å². The number of ether oxygens (including phenoxy) is 2. The van der Waals surface area contributed by atoms with Gasteiger partial charge >= 0.3 is 0 Å². The van der Waals surface area contributed by atoms with Gasteiger partial charge in [0.15, 0.2) is 11.5 Å². The largest absolute Gasteiger partial charge is 0.454 e. The van der Waals surface area contributed by atoms with Crippen molar-refractivity contribution in [2.45, 2.75) is 18.4 Å². The number of fused-ring (bicyclic) bond motifs is 1. The lowest BCUT2D eigenvalue weighted by Gasteiger charge is -2.35. The van der Waals surface area contributed by atoms with Gasteiger partial charge in [0.05, 0.1) is 6.10 Å². The van der Waals surface area contributed by atoms with Crippen molar-refractivity contribution in [3.05, 3.63) is 65.7 Å². The molecule has 1 fully saturated rings. The van der Waals surface area contributed by atoms with E-state index in [0.29, 0.717) is 19.5 Å². The smallest absolute Gasteiger partial charge is 0.246 e. The lowest BCUT2D eigenvalue weighted by molar-refractivity contribution is -0.129. The van der Waals surface area contributed by atoms with Crippen LogP contribution in [-0.4, -0.2) is 41.9 Å². The molecule has 134 valence electrons. The molecule has 1 amide bonds. The van der Waals surface area contributed by atoms with E-state index in [2.05, 4.69) is 0 Å². The van der Waals surface area contributed by atoms with Crippen molar-refractivity contribution >= 4 is 12.0 Å². The molecule has 0 radical (unpaired) electrons. The topological polar surface area (TPSA) is 59.0 Å². The van der Waals surface area contributed by atoms with E-state index in [-0.39, 0.29) is 18.6 Å². The Bertz CT molecular complexity index is 818. The number of amides is 1. The summed E-state index contributed by atoms with van der Waals surface area (Å²) in [4.78, 5) is 14.1. The first kappa shape index (κ1) is 16.7. The van der Waals surface area contributed by atoms with Crippen molar-refractivity contribution in [2.24, 2.45) is 0 Å². The van der Waals surface area contributed by atoms with Gasteiger partial charge in [-0.15, -0.1) is 0 Å². The van der Waals surface area contributed by atoms with Crippen LogP contribution in [0.15, 0.2) is 54.6 Å². The van der Waals surface area contributed by atoms with E-state index in [1.54, 1.807) is 17.1 Å². The summed E-state index contributed by atoms with van der Waals surface area (Å²) in [6.07, 6.45) is 3.49. The summed E-state index contributed by atoms with van der Waals surface area (Å²) in [6.45, 7) is 1.19. The fourth-order valence-corrected chi connectivity index (χ4v) is 3.50. The quantitative estimate of drug-likeness (QED) is 0.864. The van der Waals surface area contributed by atoms with Crippen molar-refractivity contribution in [3.63, 3.8) is 0 Å². The number of aliphatic hydroxyl groups is 1. The molecular weight excluding hydrogens is 330 g/mol. The Hall–Kier alpha value is -2.79. The maximum atomic E-state index is 12.4. The van der Waals surface area contributed by atoms with Gasteiger partial charge in [0.25, 0.3) is 0 Å². The molecule has 4 rings (SSSR count). The lowest BCUT2D eigenvalue weighted by Crippen LogP contribution is -2.45. The van der Waals surface area contributed by atoms with E-state index >= 15 is 0 Å². The molecule has 2 aliphatic heterocycles. The average Bonchev–Trinajstić information content (AvgIpc) is 3.14. The fraction of sp³-hybridized carbons (Fsp3) is 0.286. The number of carbonyl (C=O) groups excluding carboxylic acids is 1. The zero-order chi connectivity index (χ0) is 17.9. The molecule has 0 spiro atoms. The van der Waals surface area contributed by atoms with Gasteiger partial charge in [0, 0.05) is 25.1 Å². The number of piperidine rings is 1. The van der Waals surface area contributed by atoms with Crippen molar-refractivity contribution in [2.75, 3.05) is 19.9 Å². The Kier molecular flexibility index (Phi) is 4.63. The molecule has 0 saturated carbocycles. The molecule has 2 heterocycles. The third-order valence-corrected chi connectivity index (χ3v) is 4.94. The summed E-state index contributed by atoms with van der Waals surface area (Å²) in [7, 11) is 0. The molecule has 1 N–H and O–H groups in total. The number of rotatable bonds is 3. The van der Waals surface area contributed by atoms with Gasteiger partial charge < -0.3 is 19.5 Å². The second-order valence-electron chi connectivity index (χ2n) is 6.60. The van der Waals surface area contributed by atoms with E-state index in [4.69, 9.17) is 9.47 Å². The van der Waals surface area contributed by atoms with Crippen molar-refractivity contribution in [1.82, 2.24) is 4.90 Å². The van der Waals surface area contributed by atoms with Gasteiger partial charge in [-0.1, -0.05) is 36.4 Å². The van der Waals surface area contributed by atoms with Gasteiger partial charge in [-0.25, -0.2) is 0 Å². The first-order valence-electron chi connectivity index (χ1n) is 8.80. The monoisotopic (exact) mass is 351 g/mol. The molecule has 2 aromatic rings. The third-order valence-electron chi connectivity index (χ3n) is 4.94. The highest BCUT2D eigenvalue weighted by Gasteiger charge is 2.31. The predicted molar refractivity (Wildman–Crippen MR) is 98.0 cm³/mol. The maximum Gasteiger partial charge on any atom is 0.246 e. The van der Waals surface area contributed by atoms with Crippen LogP contribution in [0.25, 0.3) is 6.08 Å². The van der Waals surface area contributed by atoms with Crippen LogP contribution in [0.1, 0.15) is 23.5 Å². The first-order valence-corrected chi connectivity index (χ1v) is 8.80. The molecule has 2 atom stereocenters. The van der Waals surface area contributed by atoms with E-state index in [9.17, 15) is 9.90 Å². The Morgan fingerprint density at radius 2 is 1.92 bits per heavy atom. The summed E-state index contributed by atoms with van der Waals surface area (Å²) in [6, 6.07) is 15.5. The van der Waals surface area contributed by atoms with Gasteiger partial charge in [0.1, 0.15) is 0 Å². The SMILES string of the molecule is O=C(/C=C/c1ccccc1)N1CC[C@@H](c2ccc3c(c2)OCO3)[C@H](O)C1. The van der Waals surface area contributed by atoms with Gasteiger partial charge in [-0.2, -0.15) is 0 Å². The number of aliphatic hydroxyl groups excluding tert-OH is 1. The Labute approximate surface area is 152 Å². The van der Waals surface area contributed by atoms with Crippen LogP contribution < -0.4 is 9.47 Å². The summed E-state index contributed by atoms with van der Waals surface area (Å²) in [5.41, 5.74) is 2.00. The maximum absolute atomic E-state index is 12.4. The van der Waals surface area contributed by atoms with Gasteiger partial charge in [-0.3, -0.25) is 4.79 Å². The van der Waals surface area contributed by atoms with Gasteiger partial charge in [0.2, 0.25) is 12.7 Å². The second-order valence-corrected chi connectivity index (χ2v) is 6.60. The van der Waals surface area contributed by atoms with E-state index in [1.807, 2.05) is 48.5 Å². The van der Waals surface area contributed by atoms with Crippen LogP contribution in [-0.2, 0) is 4.79 Å². The zero-order valence-corrected chi connectivity index (χ0v) is 14.4. The molecule has 0 aliphatic carbocycles. The molecule has 0 aromatic heterocycles. The third kappa shape index (κ3) is 3.44. The first-order chi connectivity index (χ1) is 12.7. The van der Waals surface area contributed by atoms with E-state index in [1.165, 1.54) is 0 Å². The Balaban J connectivity index is 1.40. The second kappa shape index (κ2) is 7.22. The minimum Gasteiger partial charge on any atom is -0.454 e. The van der Waals surface area contributed by atoms with Crippen LogP contribution in [0, 0.1) is 0 Å². The van der Waals surface area contributed by atoms with Crippen molar-refractivity contribution in [1.29, 1.82) is 0 Å². The standard InChI is InChI=1S/C21H21NO4/c23-18-13-22(21(24)9-6-15-4-2-1-3-5-15)11-10-17(18)16-7-8-19-20(12-16)26-14-25-19/h1-9,12,17-18,23H,10-11,13-14H2/b9-6+/t17-,18+/m0/s1. The zero-order valence-electron chi connectivity index (χ0n) is 14.4. The molecule has 5 heteroatoms. The number of carbonyl (C=O) groups is 1. The lowest BCUT2D eigenvalue weighted by atomic mass is 9.87. The number of nitrogens with zero attached hydrogens (tertiary/aromatic N) is 1. The summed E-state index contributed by atoms with van der Waals surface area (Å²) >= 11 is 0. The summed E-state index contributed by atoms with van der Waals surface area (Å²) < 4.78 is 10.8. The highest BCUT2D eigenvalue weighted by molar-refractivity contribution is 5.91. The fourth-order valence-electron chi connectivity index (χ4n) is 3.50. The highest BCUT2D eigenvalue weighted by atomic mass is 16.7. The molecule has 2 aliphatic rings. The van der Waals surface area contributed by atoms with Gasteiger partial charge in [-0.05, 0) is 35.8 Å². The highest BCUT2D eigenvalue weighted by Crippen LogP contribution is 2.37. The predicted octanol–water partition coefficient (Wildman–Crippen LogP) is 2.81. The number of hydrogen-bond donors (Lipinski definition) is 1. The molecule has 2 aromatic carbocycles. The minimum absolute atomic E-state index is 0.00773. The molecule has 0 unspecified atom stereocenters. The summed E-state index contributed by atoms with van der Waals surface area (Å²) in [5.74, 6) is 1.38. The molecule has 26 heavy (non-hydrogen) atoms.